The fraction of sp³-hybridized carbons (Fsp3) is 0.750. The third-order valence-corrected chi connectivity index (χ3v) is 4.86. The van der Waals surface area contributed by atoms with E-state index in [9.17, 15) is 4.79 Å². The molecule has 2 fully saturated rings. The number of nitrogens with zero attached hydrogens (tertiary/aromatic N) is 3. The highest BCUT2D eigenvalue weighted by Gasteiger charge is 2.28. The van der Waals surface area contributed by atoms with Gasteiger partial charge >= 0.3 is 0 Å². The summed E-state index contributed by atoms with van der Waals surface area (Å²) < 4.78 is 1.87. The Kier molecular flexibility index (Phi) is 4.29. The van der Waals surface area contributed by atoms with Gasteiger partial charge in [0.25, 0.3) is 5.56 Å². The van der Waals surface area contributed by atoms with Gasteiger partial charge in [0, 0.05) is 37.6 Å². The SMILES string of the molecule is CCNC(C)C1CCN(c2nccn(C3CC3)c2=O)CC1. The van der Waals surface area contributed by atoms with E-state index in [1.807, 2.05) is 10.8 Å². The van der Waals surface area contributed by atoms with Crippen LogP contribution in [0.2, 0.25) is 0 Å². The molecule has 116 valence electrons. The number of piperidine rings is 1. The van der Waals surface area contributed by atoms with Crippen LogP contribution in [-0.2, 0) is 0 Å². The molecule has 1 unspecified atom stereocenters. The smallest absolute Gasteiger partial charge is 0.293 e. The molecule has 1 N–H and O–H groups in total. The van der Waals surface area contributed by atoms with Crippen molar-refractivity contribution in [3.8, 4) is 0 Å². The Labute approximate surface area is 126 Å². The zero-order valence-electron chi connectivity index (χ0n) is 13.1. The molecule has 3 rings (SSSR count). The summed E-state index contributed by atoms with van der Waals surface area (Å²) in [6, 6.07) is 0.981. The second-order valence-electron chi connectivity index (χ2n) is 6.37. The number of aromatic nitrogens is 2. The molecule has 0 aromatic carbocycles. The first-order chi connectivity index (χ1) is 10.2. The van der Waals surface area contributed by atoms with Crippen molar-refractivity contribution < 1.29 is 0 Å². The molecule has 2 aliphatic rings. The second-order valence-corrected chi connectivity index (χ2v) is 6.37. The first-order valence-corrected chi connectivity index (χ1v) is 8.26. The predicted molar refractivity (Wildman–Crippen MR) is 84.8 cm³/mol. The molecule has 1 aromatic rings. The third-order valence-electron chi connectivity index (χ3n) is 4.86. The van der Waals surface area contributed by atoms with Crippen molar-refractivity contribution >= 4 is 5.82 Å². The first-order valence-electron chi connectivity index (χ1n) is 8.26. The van der Waals surface area contributed by atoms with Gasteiger partial charge in [-0.15, -0.1) is 0 Å². The van der Waals surface area contributed by atoms with E-state index in [-0.39, 0.29) is 5.56 Å². The van der Waals surface area contributed by atoms with Crippen LogP contribution in [0.15, 0.2) is 17.2 Å². The summed E-state index contributed by atoms with van der Waals surface area (Å²) >= 11 is 0. The molecule has 1 atom stereocenters. The summed E-state index contributed by atoms with van der Waals surface area (Å²) in [5.74, 6) is 1.36. The van der Waals surface area contributed by atoms with E-state index in [1.54, 1.807) is 6.20 Å². The molecule has 0 bridgehead atoms. The van der Waals surface area contributed by atoms with Crippen LogP contribution in [0.1, 0.15) is 45.6 Å². The average molecular weight is 290 g/mol. The minimum absolute atomic E-state index is 0.0955. The maximum atomic E-state index is 12.5. The fourth-order valence-corrected chi connectivity index (χ4v) is 3.37. The van der Waals surface area contributed by atoms with E-state index in [1.165, 1.54) is 0 Å². The van der Waals surface area contributed by atoms with Crippen LogP contribution in [0, 0.1) is 5.92 Å². The highest BCUT2D eigenvalue weighted by molar-refractivity contribution is 5.36. The van der Waals surface area contributed by atoms with Gasteiger partial charge in [-0.2, -0.15) is 0 Å². The van der Waals surface area contributed by atoms with Gasteiger partial charge in [0.05, 0.1) is 0 Å². The molecule has 0 amide bonds. The normalized spacial score (nSPS) is 21.5. The second kappa shape index (κ2) is 6.18. The Balaban J connectivity index is 1.67. The third kappa shape index (κ3) is 3.12. The molecule has 0 radical (unpaired) electrons. The van der Waals surface area contributed by atoms with Crippen molar-refractivity contribution in [2.75, 3.05) is 24.5 Å². The lowest BCUT2D eigenvalue weighted by atomic mass is 9.90. The van der Waals surface area contributed by atoms with Crippen LogP contribution >= 0.6 is 0 Å². The van der Waals surface area contributed by atoms with Gasteiger partial charge in [0.2, 0.25) is 0 Å². The summed E-state index contributed by atoms with van der Waals surface area (Å²) in [4.78, 5) is 19.0. The van der Waals surface area contributed by atoms with Gasteiger partial charge in [0.15, 0.2) is 5.82 Å². The topological polar surface area (TPSA) is 50.2 Å². The van der Waals surface area contributed by atoms with Crippen molar-refractivity contribution in [2.45, 2.75) is 51.6 Å². The Morgan fingerprint density at radius 2 is 2.05 bits per heavy atom. The number of hydrogen-bond acceptors (Lipinski definition) is 4. The summed E-state index contributed by atoms with van der Waals surface area (Å²) in [6.07, 6.45) is 8.14. The number of hydrogen-bond donors (Lipinski definition) is 1. The zero-order chi connectivity index (χ0) is 14.8. The van der Waals surface area contributed by atoms with Crippen LogP contribution in [0.4, 0.5) is 5.82 Å². The van der Waals surface area contributed by atoms with Crippen molar-refractivity contribution in [1.82, 2.24) is 14.9 Å². The summed E-state index contributed by atoms with van der Waals surface area (Å²) in [5.41, 5.74) is 0.0955. The molecule has 1 saturated heterocycles. The quantitative estimate of drug-likeness (QED) is 0.898. The Morgan fingerprint density at radius 1 is 1.33 bits per heavy atom. The van der Waals surface area contributed by atoms with E-state index >= 15 is 0 Å². The standard InChI is InChI=1S/C16H26N4O/c1-3-17-12(2)13-6-9-19(10-7-13)15-16(21)20(11-8-18-15)14-4-5-14/h8,11-14,17H,3-7,9-10H2,1-2H3. The molecular formula is C16H26N4O. The average Bonchev–Trinajstić information content (AvgIpc) is 3.33. The molecule has 2 heterocycles. The molecule has 1 aliphatic carbocycles. The summed E-state index contributed by atoms with van der Waals surface area (Å²) in [7, 11) is 0. The molecule has 1 aliphatic heterocycles. The first kappa shape index (κ1) is 14.6. The minimum Gasteiger partial charge on any atom is -0.352 e. The fourth-order valence-electron chi connectivity index (χ4n) is 3.37. The van der Waals surface area contributed by atoms with Crippen LogP contribution in [0.25, 0.3) is 0 Å². The van der Waals surface area contributed by atoms with Crippen LogP contribution < -0.4 is 15.8 Å². The molecule has 1 saturated carbocycles. The van der Waals surface area contributed by atoms with Crippen LogP contribution in [0.3, 0.4) is 0 Å². The van der Waals surface area contributed by atoms with Gasteiger partial charge < -0.3 is 14.8 Å². The van der Waals surface area contributed by atoms with E-state index in [0.717, 1.165) is 45.3 Å². The number of rotatable bonds is 5. The number of anilines is 1. The molecule has 5 heteroatoms. The molecular weight excluding hydrogens is 264 g/mol. The Morgan fingerprint density at radius 3 is 2.67 bits per heavy atom. The van der Waals surface area contributed by atoms with E-state index in [4.69, 9.17) is 0 Å². The molecule has 5 nitrogen and oxygen atoms in total. The van der Waals surface area contributed by atoms with E-state index < -0.39 is 0 Å². The lowest BCUT2D eigenvalue weighted by Crippen LogP contribution is -2.44. The van der Waals surface area contributed by atoms with Gasteiger partial charge in [-0.05, 0) is 45.1 Å². The number of nitrogens with one attached hydrogen (secondary N) is 1. The highest BCUT2D eigenvalue weighted by Crippen LogP contribution is 2.33. The molecule has 1 aromatic heterocycles. The molecule has 0 spiro atoms. The van der Waals surface area contributed by atoms with Gasteiger partial charge in [-0.25, -0.2) is 4.98 Å². The van der Waals surface area contributed by atoms with Crippen LogP contribution in [0.5, 0.6) is 0 Å². The predicted octanol–water partition coefficient (Wildman–Crippen LogP) is 1.79. The zero-order valence-corrected chi connectivity index (χ0v) is 13.1. The monoisotopic (exact) mass is 290 g/mol. The van der Waals surface area contributed by atoms with Crippen LogP contribution in [-0.4, -0.2) is 35.2 Å². The van der Waals surface area contributed by atoms with Gasteiger partial charge in [0.1, 0.15) is 0 Å². The lowest BCUT2D eigenvalue weighted by molar-refractivity contribution is 0.313. The highest BCUT2D eigenvalue weighted by atomic mass is 16.1. The molecule has 21 heavy (non-hydrogen) atoms. The Bertz CT molecular complexity index is 529. The van der Waals surface area contributed by atoms with Crippen molar-refractivity contribution in [1.29, 1.82) is 0 Å². The summed E-state index contributed by atoms with van der Waals surface area (Å²) in [6.45, 7) is 7.33. The Hall–Kier alpha value is -1.36. The van der Waals surface area contributed by atoms with Gasteiger partial charge in [-0.3, -0.25) is 4.79 Å². The van der Waals surface area contributed by atoms with E-state index in [2.05, 4.69) is 29.0 Å². The van der Waals surface area contributed by atoms with Crippen molar-refractivity contribution in [3.05, 3.63) is 22.7 Å². The maximum absolute atomic E-state index is 12.5. The van der Waals surface area contributed by atoms with Gasteiger partial charge in [-0.1, -0.05) is 6.92 Å². The largest absolute Gasteiger partial charge is 0.352 e. The maximum Gasteiger partial charge on any atom is 0.293 e. The lowest BCUT2D eigenvalue weighted by Gasteiger charge is -2.35. The van der Waals surface area contributed by atoms with Crippen molar-refractivity contribution in [3.63, 3.8) is 0 Å². The summed E-state index contributed by atoms with van der Waals surface area (Å²) in [5, 5.41) is 3.51. The van der Waals surface area contributed by atoms with Crippen molar-refractivity contribution in [2.24, 2.45) is 5.92 Å². The van der Waals surface area contributed by atoms with E-state index in [0.29, 0.717) is 23.8 Å². The minimum atomic E-state index is 0.0955.